The Hall–Kier alpha value is -2.21. The van der Waals surface area contributed by atoms with Gasteiger partial charge in [-0.3, -0.25) is 0 Å². The third kappa shape index (κ3) is 2.74. The van der Waals surface area contributed by atoms with Gasteiger partial charge in [-0.25, -0.2) is 0 Å². The number of nitrogens with two attached hydrogens (primary N) is 1. The van der Waals surface area contributed by atoms with Crippen LogP contribution in [0.1, 0.15) is 36.3 Å². The summed E-state index contributed by atoms with van der Waals surface area (Å²) in [5.41, 5.74) is 7.03. The lowest BCUT2D eigenvalue weighted by Gasteiger charge is -2.33. The van der Waals surface area contributed by atoms with Crippen LogP contribution in [0.2, 0.25) is 0 Å². The number of anilines is 2. The Morgan fingerprint density at radius 1 is 1.09 bits per heavy atom. The van der Waals surface area contributed by atoms with Gasteiger partial charge in [-0.05, 0) is 18.4 Å². The Morgan fingerprint density at radius 3 is 2.68 bits per heavy atom. The Kier molecular flexibility index (Phi) is 3.38. The van der Waals surface area contributed by atoms with Crippen LogP contribution in [-0.4, -0.2) is 34.6 Å². The number of nitrogen functional groups attached to an aromatic ring is 1. The zero-order valence-electron chi connectivity index (χ0n) is 12.4. The second-order valence-electron chi connectivity index (χ2n) is 5.84. The molecule has 1 atom stereocenters. The van der Waals surface area contributed by atoms with Gasteiger partial charge in [0, 0.05) is 12.5 Å². The lowest BCUT2D eigenvalue weighted by Crippen LogP contribution is -2.39. The van der Waals surface area contributed by atoms with Gasteiger partial charge in [-0.15, -0.1) is 0 Å². The summed E-state index contributed by atoms with van der Waals surface area (Å²) >= 11 is 0. The minimum atomic E-state index is 0.0392. The average molecular weight is 297 g/mol. The van der Waals surface area contributed by atoms with Crippen molar-refractivity contribution in [3.63, 3.8) is 0 Å². The van der Waals surface area contributed by atoms with E-state index in [1.807, 2.05) is 18.2 Å². The van der Waals surface area contributed by atoms with Crippen LogP contribution in [0.5, 0.6) is 0 Å². The van der Waals surface area contributed by atoms with E-state index in [1.165, 1.54) is 5.56 Å². The summed E-state index contributed by atoms with van der Waals surface area (Å²) in [6, 6.07) is 10.3. The van der Waals surface area contributed by atoms with E-state index in [4.69, 9.17) is 10.5 Å². The summed E-state index contributed by atoms with van der Waals surface area (Å²) in [6.07, 6.45) is 2.34. The molecule has 2 fully saturated rings. The van der Waals surface area contributed by atoms with Crippen LogP contribution in [0.3, 0.4) is 0 Å². The molecule has 0 radical (unpaired) electrons. The van der Waals surface area contributed by atoms with Gasteiger partial charge in [0.1, 0.15) is 11.9 Å². The van der Waals surface area contributed by atoms with Crippen LogP contribution in [0, 0.1) is 0 Å². The molecule has 1 saturated carbocycles. The lowest BCUT2D eigenvalue weighted by atomic mass is 10.1. The molecule has 2 aliphatic rings. The number of rotatable bonds is 3. The minimum Gasteiger partial charge on any atom is -0.370 e. The summed E-state index contributed by atoms with van der Waals surface area (Å²) in [7, 11) is 0. The first kappa shape index (κ1) is 13.5. The largest absolute Gasteiger partial charge is 0.370 e. The van der Waals surface area contributed by atoms with E-state index in [2.05, 4.69) is 32.0 Å². The number of aromatic nitrogens is 3. The fourth-order valence-electron chi connectivity index (χ4n) is 2.76. The monoisotopic (exact) mass is 297 g/mol. The molecule has 0 bridgehead atoms. The molecule has 1 aliphatic carbocycles. The Bertz CT molecular complexity index is 659. The van der Waals surface area contributed by atoms with Gasteiger partial charge < -0.3 is 15.4 Å². The van der Waals surface area contributed by atoms with Gasteiger partial charge in [-0.1, -0.05) is 30.3 Å². The quantitative estimate of drug-likeness (QED) is 0.932. The van der Waals surface area contributed by atoms with Crippen molar-refractivity contribution in [2.75, 3.05) is 30.3 Å². The number of hydrogen-bond acceptors (Lipinski definition) is 6. The molecule has 1 saturated heterocycles. The van der Waals surface area contributed by atoms with Crippen molar-refractivity contribution < 1.29 is 4.74 Å². The third-order valence-corrected chi connectivity index (χ3v) is 4.12. The highest BCUT2D eigenvalue weighted by atomic mass is 16.5. The smallest absolute Gasteiger partial charge is 0.230 e. The predicted octanol–water partition coefficient (Wildman–Crippen LogP) is 1.91. The summed E-state index contributed by atoms with van der Waals surface area (Å²) in [5, 5.41) is 0. The van der Waals surface area contributed by atoms with Crippen LogP contribution in [0.15, 0.2) is 30.3 Å². The molecule has 2 heterocycles. The highest BCUT2D eigenvalue weighted by Crippen LogP contribution is 2.38. The Labute approximate surface area is 129 Å². The van der Waals surface area contributed by atoms with Gasteiger partial charge in [0.15, 0.2) is 0 Å². The maximum Gasteiger partial charge on any atom is 0.230 e. The molecular weight excluding hydrogens is 278 g/mol. The molecule has 1 aromatic heterocycles. The number of hydrogen-bond donors (Lipinski definition) is 1. The molecule has 6 nitrogen and oxygen atoms in total. The van der Waals surface area contributed by atoms with Gasteiger partial charge in [0.05, 0.1) is 13.2 Å². The molecule has 22 heavy (non-hydrogen) atoms. The first-order chi connectivity index (χ1) is 10.8. The van der Waals surface area contributed by atoms with Crippen molar-refractivity contribution in [1.82, 2.24) is 15.0 Å². The standard InChI is InChI=1S/C16H19N5O/c17-15-18-14(12-6-7-12)19-16(20-15)21-8-9-22-13(10-21)11-4-2-1-3-5-11/h1-5,12-13H,6-10H2,(H2,17,18,19,20)/t13-/m0/s1. The van der Waals surface area contributed by atoms with E-state index in [0.29, 0.717) is 24.4 Å². The summed E-state index contributed by atoms with van der Waals surface area (Å²) in [6.45, 7) is 2.17. The second-order valence-corrected chi connectivity index (χ2v) is 5.84. The van der Waals surface area contributed by atoms with Gasteiger partial charge in [0.25, 0.3) is 0 Å². The molecule has 2 N–H and O–H groups in total. The van der Waals surface area contributed by atoms with Crippen LogP contribution >= 0.6 is 0 Å². The van der Waals surface area contributed by atoms with E-state index in [0.717, 1.165) is 31.8 Å². The summed E-state index contributed by atoms with van der Waals surface area (Å²) < 4.78 is 5.89. The van der Waals surface area contributed by atoms with Crippen molar-refractivity contribution in [3.8, 4) is 0 Å². The first-order valence-corrected chi connectivity index (χ1v) is 7.72. The van der Waals surface area contributed by atoms with Crippen LogP contribution in [0.4, 0.5) is 11.9 Å². The molecule has 0 unspecified atom stereocenters. The van der Waals surface area contributed by atoms with E-state index in [1.54, 1.807) is 0 Å². The van der Waals surface area contributed by atoms with Crippen LogP contribution in [0.25, 0.3) is 0 Å². The predicted molar refractivity (Wildman–Crippen MR) is 83.6 cm³/mol. The summed E-state index contributed by atoms with van der Waals surface area (Å²) in [4.78, 5) is 15.3. The zero-order chi connectivity index (χ0) is 14.9. The molecule has 2 aromatic rings. The number of ether oxygens (including phenoxy) is 1. The van der Waals surface area contributed by atoms with Crippen molar-refractivity contribution >= 4 is 11.9 Å². The second kappa shape index (κ2) is 5.53. The molecule has 1 aromatic carbocycles. The maximum atomic E-state index is 5.89. The average Bonchev–Trinajstić information content (AvgIpc) is 3.40. The molecule has 1 aliphatic heterocycles. The Morgan fingerprint density at radius 2 is 1.91 bits per heavy atom. The van der Waals surface area contributed by atoms with Crippen molar-refractivity contribution in [2.24, 2.45) is 0 Å². The maximum absolute atomic E-state index is 5.89. The van der Waals surface area contributed by atoms with E-state index < -0.39 is 0 Å². The lowest BCUT2D eigenvalue weighted by molar-refractivity contribution is 0.0392. The van der Waals surface area contributed by atoms with Crippen LogP contribution in [-0.2, 0) is 4.74 Å². The molecule has 0 amide bonds. The molecule has 114 valence electrons. The SMILES string of the molecule is Nc1nc(C2CC2)nc(N2CCO[C@H](c3ccccc3)C2)n1. The topological polar surface area (TPSA) is 77.2 Å². The van der Waals surface area contributed by atoms with Gasteiger partial charge >= 0.3 is 0 Å². The molecule has 0 spiro atoms. The fourth-order valence-corrected chi connectivity index (χ4v) is 2.76. The van der Waals surface area contributed by atoms with Crippen molar-refractivity contribution in [3.05, 3.63) is 41.7 Å². The fraction of sp³-hybridized carbons (Fsp3) is 0.438. The first-order valence-electron chi connectivity index (χ1n) is 7.72. The highest BCUT2D eigenvalue weighted by Gasteiger charge is 2.29. The molecular formula is C16H19N5O. The van der Waals surface area contributed by atoms with Crippen molar-refractivity contribution in [2.45, 2.75) is 24.9 Å². The zero-order valence-corrected chi connectivity index (χ0v) is 12.4. The molecule has 6 heteroatoms. The number of morpholine rings is 1. The van der Waals surface area contributed by atoms with E-state index >= 15 is 0 Å². The number of benzene rings is 1. The highest BCUT2D eigenvalue weighted by molar-refractivity contribution is 5.37. The number of nitrogens with zero attached hydrogens (tertiary/aromatic N) is 4. The van der Waals surface area contributed by atoms with Gasteiger partial charge in [-0.2, -0.15) is 15.0 Å². The third-order valence-electron chi connectivity index (χ3n) is 4.12. The van der Waals surface area contributed by atoms with Gasteiger partial charge in [0.2, 0.25) is 11.9 Å². The molecule has 4 rings (SSSR count). The Balaban J connectivity index is 1.57. The minimum absolute atomic E-state index is 0.0392. The van der Waals surface area contributed by atoms with E-state index in [-0.39, 0.29) is 6.10 Å². The van der Waals surface area contributed by atoms with Crippen LogP contribution < -0.4 is 10.6 Å². The normalized spacial score (nSPS) is 21.8. The van der Waals surface area contributed by atoms with E-state index in [9.17, 15) is 0 Å². The van der Waals surface area contributed by atoms with Crippen molar-refractivity contribution in [1.29, 1.82) is 0 Å². The summed E-state index contributed by atoms with van der Waals surface area (Å²) in [5.74, 6) is 2.30.